The number of amides is 1. The van der Waals surface area contributed by atoms with Crippen molar-refractivity contribution < 1.29 is 19.0 Å². The summed E-state index contributed by atoms with van der Waals surface area (Å²) in [7, 11) is 3.46. The van der Waals surface area contributed by atoms with Gasteiger partial charge in [0.2, 0.25) is 5.91 Å². The van der Waals surface area contributed by atoms with Gasteiger partial charge in [0.05, 0.1) is 24.2 Å². The third kappa shape index (κ3) is 4.91. The van der Waals surface area contributed by atoms with Crippen LogP contribution in [0.25, 0.3) is 0 Å². The van der Waals surface area contributed by atoms with E-state index in [0.29, 0.717) is 18.4 Å². The highest BCUT2D eigenvalue weighted by Crippen LogP contribution is 2.76. The number of methoxy groups -OCH3 is 1. The minimum absolute atomic E-state index is 0.0696. The Morgan fingerprint density at radius 2 is 1.58 bits per heavy atom. The maximum Gasteiger partial charge on any atom is 0.228 e. The van der Waals surface area contributed by atoms with Gasteiger partial charge in [0.15, 0.2) is 0 Å². The number of benzene rings is 1. The minimum atomic E-state index is -0.575. The van der Waals surface area contributed by atoms with Gasteiger partial charge in [-0.05, 0) is 110 Å². The van der Waals surface area contributed by atoms with Crippen LogP contribution in [0, 0.1) is 50.2 Å². The Labute approximate surface area is 273 Å². The van der Waals surface area contributed by atoms with Crippen molar-refractivity contribution in [3.63, 3.8) is 0 Å². The van der Waals surface area contributed by atoms with Gasteiger partial charge >= 0.3 is 0 Å². The molecule has 250 valence electrons. The Balaban J connectivity index is 1.34. The molecule has 0 aliphatic heterocycles. The number of ether oxygens (including phenoxy) is 3. The molecule has 45 heavy (non-hydrogen) atoms. The largest absolute Gasteiger partial charge is 0.373 e. The molecule has 5 nitrogen and oxygen atoms in total. The number of rotatable bonds is 7. The number of allylic oxidation sites excluding steroid dienone is 2. The van der Waals surface area contributed by atoms with Crippen molar-refractivity contribution in [1.29, 1.82) is 0 Å². The second-order valence-electron chi connectivity index (χ2n) is 17.7. The molecule has 5 heteroatoms. The van der Waals surface area contributed by atoms with E-state index in [-0.39, 0.29) is 57.9 Å². The maximum atomic E-state index is 13.8. The lowest BCUT2D eigenvalue weighted by Crippen LogP contribution is -2.67. The molecule has 4 saturated carbocycles. The van der Waals surface area contributed by atoms with Crippen molar-refractivity contribution in [3.05, 3.63) is 47.5 Å². The third-order valence-electron chi connectivity index (χ3n) is 15.1. The summed E-state index contributed by atoms with van der Waals surface area (Å²) in [6.45, 7) is 18.5. The first kappa shape index (κ1) is 33.2. The Kier molecular flexibility index (Phi) is 8.47. The van der Waals surface area contributed by atoms with Crippen LogP contribution in [0.4, 0.5) is 0 Å². The van der Waals surface area contributed by atoms with Crippen molar-refractivity contribution in [2.24, 2.45) is 50.2 Å². The van der Waals surface area contributed by atoms with Gasteiger partial charge in [-0.2, -0.15) is 0 Å². The van der Waals surface area contributed by atoms with Gasteiger partial charge in [0, 0.05) is 19.6 Å². The summed E-state index contributed by atoms with van der Waals surface area (Å²) in [5.74, 6) is 1.48. The zero-order chi connectivity index (χ0) is 32.5. The van der Waals surface area contributed by atoms with Gasteiger partial charge in [-0.3, -0.25) is 4.79 Å². The Morgan fingerprint density at radius 1 is 0.844 bits per heavy atom. The van der Waals surface area contributed by atoms with E-state index in [1.807, 2.05) is 0 Å². The highest BCUT2D eigenvalue weighted by molar-refractivity contribution is 5.83. The molecule has 1 amide bonds. The molecule has 1 aromatic rings. The predicted molar refractivity (Wildman–Crippen MR) is 180 cm³/mol. The molecule has 4 fully saturated rings. The summed E-state index contributed by atoms with van der Waals surface area (Å²) < 4.78 is 18.5. The zero-order valence-electron chi connectivity index (χ0n) is 29.8. The van der Waals surface area contributed by atoms with Crippen molar-refractivity contribution in [3.8, 4) is 0 Å². The lowest BCUT2D eigenvalue weighted by molar-refractivity contribution is -0.229. The Morgan fingerprint density at radius 3 is 2.27 bits per heavy atom. The lowest BCUT2D eigenvalue weighted by atomic mass is 9.33. The smallest absolute Gasteiger partial charge is 0.228 e. The summed E-state index contributed by atoms with van der Waals surface area (Å²) >= 11 is 0. The van der Waals surface area contributed by atoms with Crippen LogP contribution in [0.2, 0.25) is 0 Å². The molecule has 0 saturated heterocycles. The van der Waals surface area contributed by atoms with Gasteiger partial charge in [-0.15, -0.1) is 0 Å². The Hall–Kier alpha value is -1.69. The molecule has 0 heterocycles. The molecule has 5 aliphatic carbocycles. The predicted octanol–water partition coefficient (Wildman–Crippen LogP) is 8.72. The zero-order valence-corrected chi connectivity index (χ0v) is 29.8. The van der Waals surface area contributed by atoms with Gasteiger partial charge < -0.3 is 19.5 Å². The third-order valence-corrected chi connectivity index (χ3v) is 15.1. The Bertz CT molecular complexity index is 1290. The van der Waals surface area contributed by atoms with E-state index in [9.17, 15) is 4.79 Å². The van der Waals surface area contributed by atoms with Crippen molar-refractivity contribution in [1.82, 2.24) is 5.32 Å². The number of hydrogen-bond acceptors (Lipinski definition) is 4. The van der Waals surface area contributed by atoms with Crippen LogP contribution in [0.15, 0.2) is 42.0 Å². The van der Waals surface area contributed by atoms with Crippen molar-refractivity contribution >= 4 is 5.91 Å². The van der Waals surface area contributed by atoms with Crippen LogP contribution < -0.4 is 5.32 Å². The highest BCUT2D eigenvalue weighted by atomic mass is 16.7. The quantitative estimate of drug-likeness (QED) is 0.245. The topological polar surface area (TPSA) is 56.8 Å². The molecule has 0 bridgehead atoms. The molecule has 1 N–H and O–H groups in total. The molecule has 0 aromatic heterocycles. The number of fused-ring (bicyclic) bond motifs is 7. The van der Waals surface area contributed by atoms with Crippen LogP contribution in [0.5, 0.6) is 0 Å². The number of carbonyl (C=O) groups is 1. The first-order valence-corrected chi connectivity index (χ1v) is 17.9. The van der Waals surface area contributed by atoms with Crippen LogP contribution >= 0.6 is 0 Å². The molecule has 5 aliphatic rings. The van der Waals surface area contributed by atoms with E-state index in [4.69, 9.17) is 14.2 Å². The summed E-state index contributed by atoms with van der Waals surface area (Å²) in [4.78, 5) is 13.8. The summed E-state index contributed by atoms with van der Waals surface area (Å²) in [5, 5.41) is 3.05. The van der Waals surface area contributed by atoms with Crippen molar-refractivity contribution in [2.75, 3.05) is 21.0 Å². The first-order valence-electron chi connectivity index (χ1n) is 17.9. The molecular formula is C40H61NO4. The number of hydrogen-bond donors (Lipinski definition) is 1. The van der Waals surface area contributed by atoms with Gasteiger partial charge in [-0.25, -0.2) is 0 Å². The standard InChI is InChI=1S/C40H61NO4/c1-35(2)23-29-28-15-16-30-37(4)19-18-32(45-26-43-9)40(7,34(42)41-8)31(37)17-20-39(30,6)38(28,5)22-21-36(29,3)33(24-35)44-25-27-13-11-10-12-14-27/h10-15,29-33H,16-26H2,1-9H3,(H,41,42)/t29-,30?,31?,32-,33+,36+,37+,38+,39+,40+/m0/s1. The average Bonchev–Trinajstić information content (AvgIpc) is 3.00. The summed E-state index contributed by atoms with van der Waals surface area (Å²) in [5.41, 5.74) is 3.23. The van der Waals surface area contributed by atoms with E-state index in [0.717, 1.165) is 38.5 Å². The fraction of sp³-hybridized carbons (Fsp3) is 0.775. The summed E-state index contributed by atoms with van der Waals surface area (Å²) in [6.07, 6.45) is 13.0. The number of nitrogens with one attached hydrogen (secondary N) is 1. The van der Waals surface area contributed by atoms with Gasteiger partial charge in [0.1, 0.15) is 6.79 Å². The van der Waals surface area contributed by atoms with E-state index < -0.39 is 5.41 Å². The average molecular weight is 620 g/mol. The molecule has 10 atom stereocenters. The highest BCUT2D eigenvalue weighted by Gasteiger charge is 2.70. The van der Waals surface area contributed by atoms with E-state index in [2.05, 4.69) is 90.2 Å². The normalized spacial score (nSPS) is 45.3. The molecule has 0 radical (unpaired) electrons. The van der Waals surface area contributed by atoms with E-state index in [1.165, 1.54) is 24.8 Å². The fourth-order valence-electron chi connectivity index (χ4n) is 12.3. The maximum absolute atomic E-state index is 13.8. The van der Waals surface area contributed by atoms with Crippen LogP contribution in [-0.2, 0) is 25.6 Å². The van der Waals surface area contributed by atoms with E-state index >= 15 is 0 Å². The molecule has 2 unspecified atom stereocenters. The van der Waals surface area contributed by atoms with Gasteiger partial charge in [-0.1, -0.05) is 83.5 Å². The SMILES string of the molecule is CNC(=O)[C@]1(C)C2CC[C@]3(C)C(CC=C4[C@@H]5CC(C)(C)C[C@@H](OCc6ccccc6)[C@]5(C)CC[C@]43C)[C@@]2(C)CC[C@@H]1OCOC. The van der Waals surface area contributed by atoms with Gasteiger partial charge in [0.25, 0.3) is 0 Å². The monoisotopic (exact) mass is 619 g/mol. The van der Waals surface area contributed by atoms with Crippen LogP contribution in [-0.4, -0.2) is 39.1 Å². The molecule has 0 spiro atoms. The second kappa shape index (κ2) is 11.5. The van der Waals surface area contributed by atoms with Crippen molar-refractivity contribution in [2.45, 2.75) is 125 Å². The lowest BCUT2D eigenvalue weighted by Gasteiger charge is -2.71. The van der Waals surface area contributed by atoms with Crippen LogP contribution in [0.1, 0.15) is 112 Å². The molecular weight excluding hydrogens is 558 g/mol. The first-order chi connectivity index (χ1) is 21.2. The number of carbonyl (C=O) groups excluding carboxylic acids is 1. The minimum Gasteiger partial charge on any atom is -0.373 e. The van der Waals surface area contributed by atoms with Crippen LogP contribution in [0.3, 0.4) is 0 Å². The summed E-state index contributed by atoms with van der Waals surface area (Å²) in [6, 6.07) is 10.7. The molecule has 6 rings (SSSR count). The van der Waals surface area contributed by atoms with E-state index in [1.54, 1.807) is 19.7 Å². The second-order valence-corrected chi connectivity index (χ2v) is 17.7. The molecule has 1 aromatic carbocycles. The fourth-order valence-corrected chi connectivity index (χ4v) is 12.3.